The quantitative estimate of drug-likeness (QED) is 0.859. The first-order valence-corrected chi connectivity index (χ1v) is 6.05. The van der Waals surface area contributed by atoms with Gasteiger partial charge in [0, 0.05) is 16.8 Å². The van der Waals surface area contributed by atoms with E-state index in [0.717, 1.165) is 16.9 Å². The summed E-state index contributed by atoms with van der Waals surface area (Å²) in [6, 6.07) is 9.23. The lowest BCUT2D eigenvalue weighted by molar-refractivity contribution is 0.416. The monoisotopic (exact) mass is 312 g/mol. The van der Waals surface area contributed by atoms with Gasteiger partial charge in [-0.1, -0.05) is 29.8 Å². The van der Waals surface area contributed by atoms with E-state index < -0.39 is 0 Å². The number of benzene rings is 1. The SMILES string of the molecule is COc1ccccc1-c1c(N)cc(Cl)nc1Br. The van der Waals surface area contributed by atoms with E-state index in [1.165, 1.54) is 0 Å². The molecule has 0 spiro atoms. The second-order valence-electron chi connectivity index (χ2n) is 3.40. The van der Waals surface area contributed by atoms with Crippen LogP contribution in [0.2, 0.25) is 5.15 Å². The van der Waals surface area contributed by atoms with Gasteiger partial charge < -0.3 is 10.5 Å². The highest BCUT2D eigenvalue weighted by molar-refractivity contribution is 9.10. The number of aromatic nitrogens is 1. The normalized spacial score (nSPS) is 10.3. The Hall–Kier alpha value is -1.26. The van der Waals surface area contributed by atoms with E-state index in [9.17, 15) is 0 Å². The van der Waals surface area contributed by atoms with Crippen molar-refractivity contribution in [3.8, 4) is 16.9 Å². The van der Waals surface area contributed by atoms with Crippen LogP contribution in [0, 0.1) is 0 Å². The second-order valence-corrected chi connectivity index (χ2v) is 4.54. The molecule has 0 aliphatic heterocycles. The smallest absolute Gasteiger partial charge is 0.132 e. The van der Waals surface area contributed by atoms with E-state index in [-0.39, 0.29) is 0 Å². The summed E-state index contributed by atoms with van der Waals surface area (Å²) in [4.78, 5) is 4.13. The summed E-state index contributed by atoms with van der Waals surface area (Å²) in [5, 5.41) is 0.355. The largest absolute Gasteiger partial charge is 0.496 e. The van der Waals surface area contributed by atoms with Gasteiger partial charge in [-0.25, -0.2) is 4.98 Å². The van der Waals surface area contributed by atoms with Gasteiger partial charge in [-0.05, 0) is 28.1 Å². The molecule has 0 amide bonds. The predicted molar refractivity (Wildman–Crippen MR) is 73.3 cm³/mol. The number of halogens is 2. The van der Waals surface area contributed by atoms with Crippen molar-refractivity contribution in [2.24, 2.45) is 0 Å². The number of rotatable bonds is 2. The van der Waals surface area contributed by atoms with E-state index in [2.05, 4.69) is 20.9 Å². The molecule has 2 aromatic rings. The lowest BCUT2D eigenvalue weighted by atomic mass is 10.1. The van der Waals surface area contributed by atoms with Crippen LogP contribution in [0.4, 0.5) is 5.69 Å². The zero-order valence-electron chi connectivity index (χ0n) is 9.08. The maximum atomic E-state index is 5.97. The molecule has 17 heavy (non-hydrogen) atoms. The first-order valence-electron chi connectivity index (χ1n) is 4.88. The Morgan fingerprint density at radius 1 is 1.35 bits per heavy atom. The maximum absolute atomic E-state index is 5.97. The van der Waals surface area contributed by atoms with Crippen LogP contribution in [0.25, 0.3) is 11.1 Å². The molecular formula is C12H10BrClN2O. The van der Waals surface area contributed by atoms with Crippen molar-refractivity contribution < 1.29 is 4.74 Å². The maximum Gasteiger partial charge on any atom is 0.132 e. The number of ether oxygens (including phenoxy) is 1. The Bertz CT molecular complexity index is 537. The highest BCUT2D eigenvalue weighted by atomic mass is 79.9. The summed E-state index contributed by atoms with van der Waals surface area (Å²) in [6.07, 6.45) is 0. The van der Waals surface area contributed by atoms with Crippen LogP contribution in [-0.2, 0) is 0 Å². The molecule has 1 heterocycles. The molecule has 0 atom stereocenters. The Morgan fingerprint density at radius 2 is 2.06 bits per heavy atom. The van der Waals surface area contributed by atoms with E-state index in [4.69, 9.17) is 22.1 Å². The number of hydrogen-bond donors (Lipinski definition) is 1. The van der Waals surface area contributed by atoms with Gasteiger partial charge in [-0.2, -0.15) is 0 Å². The minimum Gasteiger partial charge on any atom is -0.496 e. The minimum atomic E-state index is 0.355. The van der Waals surface area contributed by atoms with Gasteiger partial charge >= 0.3 is 0 Å². The average Bonchev–Trinajstić information content (AvgIpc) is 2.28. The number of nitrogens with two attached hydrogens (primary N) is 1. The Balaban J connectivity index is 2.68. The Labute approximate surface area is 113 Å². The first kappa shape index (κ1) is 12.2. The van der Waals surface area contributed by atoms with E-state index >= 15 is 0 Å². The van der Waals surface area contributed by atoms with E-state index in [1.54, 1.807) is 13.2 Å². The van der Waals surface area contributed by atoms with Gasteiger partial charge in [0.05, 0.1) is 7.11 Å². The summed E-state index contributed by atoms with van der Waals surface area (Å²) in [5.41, 5.74) is 8.19. The number of hydrogen-bond acceptors (Lipinski definition) is 3. The lowest BCUT2D eigenvalue weighted by Gasteiger charge is -2.12. The molecule has 0 unspecified atom stereocenters. The molecule has 0 aliphatic rings. The van der Waals surface area contributed by atoms with Crippen molar-refractivity contribution in [3.63, 3.8) is 0 Å². The van der Waals surface area contributed by atoms with Crippen molar-refractivity contribution >= 4 is 33.2 Å². The van der Waals surface area contributed by atoms with Crippen molar-refractivity contribution in [2.45, 2.75) is 0 Å². The van der Waals surface area contributed by atoms with Crippen LogP contribution >= 0.6 is 27.5 Å². The number of nitrogens with zero attached hydrogens (tertiary/aromatic N) is 1. The molecule has 0 fully saturated rings. The third-order valence-electron chi connectivity index (χ3n) is 2.35. The summed E-state index contributed by atoms with van der Waals surface area (Å²) in [5.74, 6) is 0.740. The van der Waals surface area contributed by atoms with Gasteiger partial charge in [0.25, 0.3) is 0 Å². The highest BCUT2D eigenvalue weighted by Crippen LogP contribution is 2.38. The Kier molecular flexibility index (Phi) is 3.54. The van der Waals surface area contributed by atoms with E-state index in [1.807, 2.05) is 24.3 Å². The third-order valence-corrected chi connectivity index (χ3v) is 3.12. The van der Waals surface area contributed by atoms with Gasteiger partial charge in [0.2, 0.25) is 0 Å². The van der Waals surface area contributed by atoms with Crippen LogP contribution in [-0.4, -0.2) is 12.1 Å². The van der Waals surface area contributed by atoms with Crippen molar-refractivity contribution in [2.75, 3.05) is 12.8 Å². The second kappa shape index (κ2) is 4.94. The van der Waals surface area contributed by atoms with Crippen LogP contribution in [0.3, 0.4) is 0 Å². The number of anilines is 1. The molecule has 0 bridgehead atoms. The molecule has 2 N–H and O–H groups in total. The summed E-state index contributed by atoms with van der Waals surface area (Å²) >= 11 is 9.20. The lowest BCUT2D eigenvalue weighted by Crippen LogP contribution is -1.96. The fourth-order valence-electron chi connectivity index (χ4n) is 1.62. The van der Waals surface area contributed by atoms with Crippen molar-refractivity contribution in [1.82, 2.24) is 4.98 Å². The number of para-hydroxylation sites is 1. The molecule has 5 heteroatoms. The summed E-state index contributed by atoms with van der Waals surface area (Å²) < 4.78 is 5.91. The molecule has 0 saturated heterocycles. The molecular weight excluding hydrogens is 304 g/mol. The molecule has 0 saturated carbocycles. The topological polar surface area (TPSA) is 48.1 Å². The van der Waals surface area contributed by atoms with Gasteiger partial charge in [-0.3, -0.25) is 0 Å². The van der Waals surface area contributed by atoms with Crippen LogP contribution < -0.4 is 10.5 Å². The fourth-order valence-corrected chi connectivity index (χ4v) is 2.56. The summed E-state index contributed by atoms with van der Waals surface area (Å²) in [6.45, 7) is 0. The Morgan fingerprint density at radius 3 is 2.71 bits per heavy atom. The molecule has 88 valence electrons. The standard InChI is InChI=1S/C12H10BrClN2O/c1-17-9-5-3-2-4-7(9)11-8(15)6-10(14)16-12(11)13/h2-6H,1H3,(H2,15,16). The van der Waals surface area contributed by atoms with Gasteiger partial charge in [0.15, 0.2) is 0 Å². The fraction of sp³-hybridized carbons (Fsp3) is 0.0833. The molecule has 0 aliphatic carbocycles. The van der Waals surface area contributed by atoms with Crippen LogP contribution in [0.5, 0.6) is 5.75 Å². The highest BCUT2D eigenvalue weighted by Gasteiger charge is 2.14. The first-order chi connectivity index (χ1) is 8.13. The number of pyridine rings is 1. The zero-order valence-corrected chi connectivity index (χ0v) is 11.4. The summed E-state index contributed by atoms with van der Waals surface area (Å²) in [7, 11) is 1.62. The zero-order chi connectivity index (χ0) is 12.4. The van der Waals surface area contributed by atoms with Gasteiger partial charge in [0.1, 0.15) is 15.5 Å². The van der Waals surface area contributed by atoms with Crippen LogP contribution in [0.15, 0.2) is 34.9 Å². The number of nitrogen functional groups attached to an aromatic ring is 1. The average molecular weight is 314 g/mol. The van der Waals surface area contributed by atoms with Crippen molar-refractivity contribution in [1.29, 1.82) is 0 Å². The number of methoxy groups -OCH3 is 1. The van der Waals surface area contributed by atoms with E-state index in [0.29, 0.717) is 15.4 Å². The van der Waals surface area contributed by atoms with Gasteiger partial charge in [-0.15, -0.1) is 0 Å². The van der Waals surface area contributed by atoms with Crippen LogP contribution in [0.1, 0.15) is 0 Å². The minimum absolute atomic E-state index is 0.355. The molecule has 0 radical (unpaired) electrons. The molecule has 1 aromatic heterocycles. The molecule has 2 rings (SSSR count). The predicted octanol–water partition coefficient (Wildman–Crippen LogP) is 3.76. The van der Waals surface area contributed by atoms with Crippen molar-refractivity contribution in [3.05, 3.63) is 40.1 Å². The molecule has 1 aromatic carbocycles. The third kappa shape index (κ3) is 2.37. The molecule has 3 nitrogen and oxygen atoms in total.